The Hall–Kier alpha value is -2.58. The third-order valence-electron chi connectivity index (χ3n) is 9.43. The van der Waals surface area contributed by atoms with Crippen LogP contribution in [0.5, 0.6) is 0 Å². The van der Waals surface area contributed by atoms with E-state index >= 15 is 0 Å². The molecule has 34 heavy (non-hydrogen) atoms. The van der Waals surface area contributed by atoms with Gasteiger partial charge in [0.05, 0.1) is 6.04 Å². The second-order valence-electron chi connectivity index (χ2n) is 11.2. The molecule has 0 amide bonds. The lowest BCUT2D eigenvalue weighted by atomic mass is 9.77. The van der Waals surface area contributed by atoms with Crippen LogP contribution in [-0.2, 0) is 5.54 Å². The maximum absolute atomic E-state index is 2.96. The molecular formula is C32H38N2. The highest BCUT2D eigenvalue weighted by Crippen LogP contribution is 2.63. The largest absolute Gasteiger partial charge is 0.347 e. The molecule has 2 aliphatic heterocycles. The molecule has 6 rings (SSSR count). The molecular weight excluding hydrogens is 412 g/mol. The molecule has 1 saturated heterocycles. The van der Waals surface area contributed by atoms with Gasteiger partial charge in [-0.1, -0.05) is 73.5 Å². The van der Waals surface area contributed by atoms with Crippen molar-refractivity contribution in [3.8, 4) is 0 Å². The Bertz CT molecular complexity index is 1200. The number of hydrogen-bond donors (Lipinski definition) is 0. The summed E-state index contributed by atoms with van der Waals surface area (Å²) in [5, 5.41) is 0. The number of benzene rings is 3. The molecule has 2 heteroatoms. The molecule has 2 heterocycles. The molecule has 2 fully saturated rings. The van der Waals surface area contributed by atoms with Gasteiger partial charge in [0.1, 0.15) is 6.17 Å². The van der Waals surface area contributed by atoms with Crippen molar-refractivity contribution in [2.75, 3.05) is 4.90 Å². The van der Waals surface area contributed by atoms with E-state index < -0.39 is 0 Å². The first-order valence-corrected chi connectivity index (χ1v) is 13.2. The Morgan fingerprint density at radius 1 is 0.765 bits per heavy atom. The number of nitrogens with zero attached hydrogens (tertiary/aromatic N) is 2. The highest BCUT2D eigenvalue weighted by atomic mass is 15.5. The van der Waals surface area contributed by atoms with Gasteiger partial charge in [-0.2, -0.15) is 0 Å². The highest BCUT2D eigenvalue weighted by molar-refractivity contribution is 5.61. The van der Waals surface area contributed by atoms with E-state index in [0.717, 1.165) is 0 Å². The molecule has 3 aromatic rings. The third kappa shape index (κ3) is 2.91. The molecule has 2 nitrogen and oxygen atoms in total. The molecule has 0 aromatic heterocycles. The maximum atomic E-state index is 2.96. The Morgan fingerprint density at radius 2 is 1.38 bits per heavy atom. The van der Waals surface area contributed by atoms with Crippen LogP contribution in [0.4, 0.5) is 5.69 Å². The van der Waals surface area contributed by atoms with Gasteiger partial charge in [0, 0.05) is 17.3 Å². The molecule has 1 aliphatic carbocycles. The molecule has 0 spiro atoms. The van der Waals surface area contributed by atoms with Crippen LogP contribution in [0.1, 0.15) is 85.1 Å². The van der Waals surface area contributed by atoms with Crippen molar-refractivity contribution in [3.05, 3.63) is 100 Å². The van der Waals surface area contributed by atoms with Crippen LogP contribution in [0, 0.1) is 26.7 Å². The number of rotatable bonds is 3. The van der Waals surface area contributed by atoms with E-state index in [1.807, 2.05) is 0 Å². The fourth-order valence-corrected chi connectivity index (χ4v) is 7.84. The van der Waals surface area contributed by atoms with Crippen molar-refractivity contribution in [3.63, 3.8) is 0 Å². The standard InChI is InChI=1S/C32H38N2/c1-21-13-6-11-20-28(21)33-24(4)30-26-18-9-10-19-27(26)32(5,25-16-7-8-17-25)34(30)31(33)29-22(2)14-12-15-23(29)3/h6,9-15,18-20,24-25,30-31H,7-8,16-17H2,1-5H3/t24-,30?,31?,32?/m0/s1. The van der Waals surface area contributed by atoms with Gasteiger partial charge in [-0.25, -0.2) is 0 Å². The lowest BCUT2D eigenvalue weighted by molar-refractivity contribution is 0.0201. The average molecular weight is 451 g/mol. The van der Waals surface area contributed by atoms with E-state index in [-0.39, 0.29) is 11.7 Å². The molecule has 3 aliphatic rings. The fraction of sp³-hybridized carbons (Fsp3) is 0.438. The fourth-order valence-electron chi connectivity index (χ4n) is 7.84. The quantitative estimate of drug-likeness (QED) is 0.399. The normalized spacial score (nSPS) is 29.0. The van der Waals surface area contributed by atoms with Crippen molar-refractivity contribution >= 4 is 5.69 Å². The van der Waals surface area contributed by atoms with E-state index in [4.69, 9.17) is 0 Å². The molecule has 3 unspecified atom stereocenters. The first-order valence-electron chi connectivity index (χ1n) is 13.2. The molecule has 0 N–H and O–H groups in total. The van der Waals surface area contributed by atoms with Crippen LogP contribution in [0.3, 0.4) is 0 Å². The lowest BCUT2D eigenvalue weighted by Gasteiger charge is -2.46. The van der Waals surface area contributed by atoms with Gasteiger partial charge in [-0.3, -0.25) is 4.90 Å². The van der Waals surface area contributed by atoms with Gasteiger partial charge in [0.25, 0.3) is 0 Å². The zero-order valence-electron chi connectivity index (χ0n) is 21.4. The van der Waals surface area contributed by atoms with E-state index in [1.54, 1.807) is 11.1 Å². The van der Waals surface area contributed by atoms with Gasteiger partial charge >= 0.3 is 0 Å². The Balaban J connectivity index is 1.64. The van der Waals surface area contributed by atoms with Crippen LogP contribution >= 0.6 is 0 Å². The van der Waals surface area contributed by atoms with Gasteiger partial charge in [0.15, 0.2) is 0 Å². The third-order valence-corrected chi connectivity index (χ3v) is 9.43. The van der Waals surface area contributed by atoms with Crippen LogP contribution in [0.2, 0.25) is 0 Å². The Morgan fingerprint density at radius 3 is 2.09 bits per heavy atom. The number of hydrogen-bond acceptors (Lipinski definition) is 2. The van der Waals surface area contributed by atoms with Crippen LogP contribution in [0.25, 0.3) is 0 Å². The minimum Gasteiger partial charge on any atom is -0.347 e. The number of aryl methyl sites for hydroxylation is 3. The first-order chi connectivity index (χ1) is 16.4. The van der Waals surface area contributed by atoms with Crippen molar-refractivity contribution in [2.45, 2.75) is 84.1 Å². The zero-order chi connectivity index (χ0) is 23.6. The van der Waals surface area contributed by atoms with E-state index in [9.17, 15) is 0 Å². The topological polar surface area (TPSA) is 6.48 Å². The molecule has 4 atom stereocenters. The SMILES string of the molecule is Cc1ccccc1N1C(c2c(C)cccc2C)N2C(c3ccccc3C2(C)C2CCCC2)[C@@H]1C. The Labute approximate surface area is 205 Å². The molecule has 0 bridgehead atoms. The summed E-state index contributed by atoms with van der Waals surface area (Å²) >= 11 is 0. The predicted octanol–water partition coefficient (Wildman–Crippen LogP) is 7.98. The van der Waals surface area contributed by atoms with Crippen LogP contribution in [0.15, 0.2) is 66.7 Å². The van der Waals surface area contributed by atoms with E-state index in [2.05, 4.69) is 111 Å². The predicted molar refractivity (Wildman–Crippen MR) is 142 cm³/mol. The highest BCUT2D eigenvalue weighted by Gasteiger charge is 2.61. The minimum absolute atomic E-state index is 0.0445. The monoisotopic (exact) mass is 450 g/mol. The number of fused-ring (bicyclic) bond motifs is 3. The number of para-hydroxylation sites is 1. The first kappa shape index (κ1) is 21.9. The minimum atomic E-state index is 0.0445. The number of anilines is 1. The van der Waals surface area contributed by atoms with E-state index in [0.29, 0.717) is 18.0 Å². The molecule has 1 saturated carbocycles. The summed E-state index contributed by atoms with van der Waals surface area (Å²) in [5.74, 6) is 0.703. The second-order valence-corrected chi connectivity index (χ2v) is 11.2. The summed E-state index contributed by atoms with van der Waals surface area (Å²) in [6.07, 6.45) is 5.64. The summed E-state index contributed by atoms with van der Waals surface area (Å²) in [6, 6.07) is 26.0. The molecule has 0 radical (unpaired) electrons. The van der Waals surface area contributed by atoms with Gasteiger partial charge in [-0.05, 0) is 92.8 Å². The Kier molecular flexibility index (Phi) is 5.15. The van der Waals surface area contributed by atoms with Crippen molar-refractivity contribution < 1.29 is 0 Å². The summed E-state index contributed by atoms with van der Waals surface area (Å²) in [5.41, 5.74) is 10.2. The maximum Gasteiger partial charge on any atom is 0.110 e. The summed E-state index contributed by atoms with van der Waals surface area (Å²) < 4.78 is 0. The lowest BCUT2D eigenvalue weighted by Crippen LogP contribution is -2.47. The smallest absolute Gasteiger partial charge is 0.110 e. The van der Waals surface area contributed by atoms with Gasteiger partial charge in [0.2, 0.25) is 0 Å². The molecule has 176 valence electrons. The van der Waals surface area contributed by atoms with Crippen molar-refractivity contribution in [1.82, 2.24) is 4.90 Å². The summed E-state index contributed by atoms with van der Waals surface area (Å²) in [6.45, 7) is 11.9. The van der Waals surface area contributed by atoms with Crippen LogP contribution in [-0.4, -0.2) is 10.9 Å². The van der Waals surface area contributed by atoms with E-state index in [1.165, 1.54) is 53.6 Å². The summed E-state index contributed by atoms with van der Waals surface area (Å²) in [7, 11) is 0. The second kappa shape index (κ2) is 7.99. The van der Waals surface area contributed by atoms with Gasteiger partial charge < -0.3 is 4.90 Å². The van der Waals surface area contributed by atoms with Gasteiger partial charge in [-0.15, -0.1) is 0 Å². The van der Waals surface area contributed by atoms with Crippen molar-refractivity contribution in [2.24, 2.45) is 5.92 Å². The molecule has 3 aromatic carbocycles. The summed E-state index contributed by atoms with van der Waals surface area (Å²) in [4.78, 5) is 5.72. The average Bonchev–Trinajstić information content (AvgIpc) is 3.52. The van der Waals surface area contributed by atoms with Crippen LogP contribution < -0.4 is 4.90 Å². The zero-order valence-corrected chi connectivity index (χ0v) is 21.4. The van der Waals surface area contributed by atoms with Crippen molar-refractivity contribution in [1.29, 1.82) is 0 Å².